The van der Waals surface area contributed by atoms with Gasteiger partial charge in [0.05, 0.1) is 47.7 Å². The Morgan fingerprint density at radius 2 is 1.36 bits per heavy atom. The Morgan fingerprint density at radius 3 is 1.75 bits per heavy atom. The first-order chi connectivity index (χ1) is 28.6. The number of carbonyl (C=O) groups excluding carboxylic acids is 5. The molecule has 0 amide bonds. The van der Waals surface area contributed by atoms with Crippen molar-refractivity contribution in [3.05, 3.63) is 104 Å². The molecule has 0 fully saturated rings. The van der Waals surface area contributed by atoms with E-state index in [1.165, 1.54) is 64.1 Å². The lowest BCUT2D eigenvalue weighted by molar-refractivity contribution is -0.141. The molecule has 59 heavy (non-hydrogen) atoms. The van der Waals surface area contributed by atoms with Crippen LogP contribution in [0.5, 0.6) is 0 Å². The van der Waals surface area contributed by atoms with Crippen molar-refractivity contribution in [1.82, 2.24) is 19.9 Å². The molecule has 5 heterocycles. The summed E-state index contributed by atoms with van der Waals surface area (Å²) in [6.45, 7) is 7.79. The number of nitrogens with zero attached hydrogens (tertiary/aromatic N) is 13. The lowest BCUT2D eigenvalue weighted by Crippen LogP contribution is -2.06. The molecule has 1 N–H and O–H groups in total. The Hall–Kier alpha value is -6.94. The second-order valence-corrected chi connectivity index (χ2v) is 12.9. The van der Waals surface area contributed by atoms with Gasteiger partial charge in [0.15, 0.2) is 17.4 Å². The molecule has 0 spiro atoms. The maximum Gasteiger partial charge on any atom is 0.354 e. The van der Waals surface area contributed by atoms with Gasteiger partial charge < -0.3 is 23.9 Å². The van der Waals surface area contributed by atoms with E-state index >= 15 is 0 Å². The molecular formula is C32H33N14O9S4+. The predicted octanol–water partition coefficient (Wildman–Crippen LogP) is 8.05. The number of aliphatic imine (C=N–C) groups is 1. The molecule has 0 aromatic carbocycles. The predicted molar refractivity (Wildman–Crippen MR) is 221 cm³/mol. The normalized spacial score (nSPS) is 10.7. The number of aromatic nitrogens is 4. The molecule has 0 unspecified atom stereocenters. The minimum atomic E-state index is -0.635. The average molecular weight is 886 g/mol. The lowest BCUT2D eigenvalue weighted by Gasteiger charge is -1.99. The summed E-state index contributed by atoms with van der Waals surface area (Å²) in [4.78, 5) is 81.7. The number of H-pyrrole nitrogens is 1. The van der Waals surface area contributed by atoms with Crippen LogP contribution in [0, 0.1) is 0 Å². The molecule has 1 aliphatic rings. The maximum atomic E-state index is 11.3. The highest BCUT2D eigenvalue weighted by molar-refractivity contribution is 8.16. The quantitative estimate of drug-likeness (QED) is 0.0183. The number of aldehydes is 1. The van der Waals surface area contributed by atoms with Crippen LogP contribution in [0.4, 0.5) is 0 Å². The number of rotatable bonds is 14. The fraction of sp³-hybridized carbons (Fsp3) is 0.281. The van der Waals surface area contributed by atoms with Crippen LogP contribution in [0.1, 0.15) is 47.9 Å². The van der Waals surface area contributed by atoms with Gasteiger partial charge in [0.2, 0.25) is 0 Å². The molecule has 0 aliphatic carbocycles. The highest BCUT2D eigenvalue weighted by Crippen LogP contribution is 2.19. The zero-order valence-electron chi connectivity index (χ0n) is 31.4. The molecule has 5 rings (SSSR count). The Balaban J connectivity index is 0.000000378. The molecule has 308 valence electrons. The van der Waals surface area contributed by atoms with Gasteiger partial charge in [-0.15, -0.1) is 34.0 Å². The smallest absolute Gasteiger partial charge is 0.354 e. The van der Waals surface area contributed by atoms with Crippen LogP contribution in [0.25, 0.3) is 53.8 Å². The fourth-order valence-electron chi connectivity index (χ4n) is 3.24. The standard InChI is InChI=1S/2C8H8N4O2S.C8H8N2O2S.C4H7N3O2.C4H2NOS/c2*1-2-14-8(13)7(11-12-9)3-6-4-10-5-15-6;1-2-12-8(11)5-3-6-7(10-5)9-4-13-6;1-2-9-4(8)3-6-7-5;6-2-4-1-5-3-7-4/h2*3-5H,2H2,1H3;3-4,10H,2H2,1H3;2-3H2,1H3;1-2H/q;;;;+1/b2*7-3-;;;. The Morgan fingerprint density at radius 1 is 0.797 bits per heavy atom. The summed E-state index contributed by atoms with van der Waals surface area (Å²) < 4.78 is 19.7. The molecule has 0 saturated carbocycles. The van der Waals surface area contributed by atoms with Gasteiger partial charge in [-0.05, 0) is 67.5 Å². The monoisotopic (exact) mass is 885 g/mol. The van der Waals surface area contributed by atoms with Gasteiger partial charge >= 0.3 is 23.9 Å². The van der Waals surface area contributed by atoms with Gasteiger partial charge in [0.25, 0.3) is 5.55 Å². The summed E-state index contributed by atoms with van der Waals surface area (Å²) in [6, 6.07) is 1.75. The molecule has 27 heteroatoms. The van der Waals surface area contributed by atoms with Crippen molar-refractivity contribution in [2.45, 2.75) is 27.7 Å². The van der Waals surface area contributed by atoms with Crippen molar-refractivity contribution in [3.63, 3.8) is 0 Å². The molecule has 0 bridgehead atoms. The number of allylic oxidation sites excluding steroid dienone is 1. The zero-order chi connectivity index (χ0) is 43.7. The van der Waals surface area contributed by atoms with Gasteiger partial charge in [-0.25, -0.2) is 19.4 Å². The number of thioether (sulfide) groups is 1. The number of hydrogen-bond donors (Lipinski definition) is 1. The van der Waals surface area contributed by atoms with E-state index < -0.39 is 17.9 Å². The van der Waals surface area contributed by atoms with E-state index in [0.29, 0.717) is 23.8 Å². The van der Waals surface area contributed by atoms with Crippen molar-refractivity contribution in [2.75, 3.05) is 33.0 Å². The van der Waals surface area contributed by atoms with Crippen molar-refractivity contribution in [1.29, 1.82) is 0 Å². The molecule has 0 atom stereocenters. The number of carbonyl (C=O) groups is 5. The number of hydrogen-bond acceptors (Lipinski definition) is 20. The molecule has 0 saturated heterocycles. The van der Waals surface area contributed by atoms with Crippen molar-refractivity contribution in [2.24, 2.45) is 20.3 Å². The van der Waals surface area contributed by atoms with Crippen LogP contribution in [0.3, 0.4) is 0 Å². The minimum absolute atomic E-state index is 0.0661. The first-order valence-corrected chi connectivity index (χ1v) is 19.7. The van der Waals surface area contributed by atoms with Gasteiger partial charge in [-0.2, -0.15) is 0 Å². The SMILES string of the molecule is CCOC(=O)/C(=C/c1cncs1)N=[N+]=[N-].CCOC(=O)/C(=C/c1cncs1)N=[N+]=[N-].CCOC(=O)CN=[N+]=[N-].CCOC(=O)c1cc2scnc2[nH]1.O=CC1=CN=[C+]S1. The average Bonchev–Trinajstić information content (AvgIpc) is 4.08. The lowest BCUT2D eigenvalue weighted by atomic mass is 10.4. The topological polar surface area (TPSA) is 335 Å². The Bertz CT molecular complexity index is 2100. The number of aromatic amines is 1. The number of nitrogens with one attached hydrogen (secondary N) is 1. The van der Waals surface area contributed by atoms with E-state index in [9.17, 15) is 24.0 Å². The van der Waals surface area contributed by atoms with Crippen LogP contribution < -0.4 is 0 Å². The number of esters is 4. The summed E-state index contributed by atoms with van der Waals surface area (Å²) >= 11 is 5.38. The third kappa shape index (κ3) is 21.2. The number of ether oxygens (including phenoxy) is 4. The van der Waals surface area contributed by atoms with Gasteiger partial charge in [-0.1, -0.05) is 15.3 Å². The van der Waals surface area contributed by atoms with Crippen molar-refractivity contribution < 1.29 is 42.9 Å². The molecule has 1 aliphatic heterocycles. The molecule has 4 aromatic rings. The van der Waals surface area contributed by atoms with Gasteiger partial charge in [-0.3, -0.25) is 19.6 Å². The zero-order valence-corrected chi connectivity index (χ0v) is 34.7. The van der Waals surface area contributed by atoms with E-state index in [1.807, 2.05) is 0 Å². The molecule has 4 aromatic heterocycles. The van der Waals surface area contributed by atoms with Crippen LogP contribution in [0.2, 0.25) is 0 Å². The summed E-state index contributed by atoms with van der Waals surface area (Å²) in [7, 11) is 0. The van der Waals surface area contributed by atoms with Crippen LogP contribution in [0.15, 0.2) is 77.8 Å². The summed E-state index contributed by atoms with van der Waals surface area (Å²) in [6.07, 6.45) is 8.25. The second kappa shape index (κ2) is 31.2. The first-order valence-electron chi connectivity index (χ1n) is 16.3. The third-order valence-corrected chi connectivity index (χ3v) is 8.30. The van der Waals surface area contributed by atoms with E-state index in [4.69, 9.17) is 30.8 Å². The molecule has 0 radical (unpaired) electrons. The minimum Gasteiger partial charge on any atom is -0.466 e. The molecular weight excluding hydrogens is 853 g/mol. The molecule has 23 nitrogen and oxygen atoms in total. The number of thiazole rings is 3. The maximum absolute atomic E-state index is 11.3. The van der Waals surface area contributed by atoms with Crippen molar-refractivity contribution >= 4 is 104 Å². The van der Waals surface area contributed by atoms with Crippen LogP contribution >= 0.6 is 45.8 Å². The van der Waals surface area contributed by atoms with E-state index in [-0.39, 0.29) is 37.1 Å². The van der Waals surface area contributed by atoms with E-state index in [1.54, 1.807) is 62.7 Å². The highest BCUT2D eigenvalue weighted by atomic mass is 32.2. The van der Waals surface area contributed by atoms with Gasteiger partial charge in [0, 0.05) is 36.9 Å². The van der Waals surface area contributed by atoms with Crippen LogP contribution in [-0.4, -0.2) is 88.6 Å². The number of azide groups is 3. The third-order valence-electron chi connectivity index (χ3n) is 5.45. The number of fused-ring (bicyclic) bond motifs is 1. The van der Waals surface area contributed by atoms with Gasteiger partial charge in [0.1, 0.15) is 41.0 Å². The largest absolute Gasteiger partial charge is 0.466 e. The van der Waals surface area contributed by atoms with E-state index in [2.05, 4.69) is 65.3 Å². The summed E-state index contributed by atoms with van der Waals surface area (Å²) in [5, 5.41) is 9.52. The Labute approximate surface area is 350 Å². The fourth-order valence-corrected chi connectivity index (χ4v) is 5.36. The van der Waals surface area contributed by atoms with Crippen molar-refractivity contribution in [3.8, 4) is 0 Å². The first kappa shape index (κ1) is 50.1. The van der Waals surface area contributed by atoms with Crippen LogP contribution in [-0.2, 0) is 38.1 Å². The highest BCUT2D eigenvalue weighted by Gasteiger charge is 2.12. The Kier molecular flexibility index (Phi) is 26.5. The van der Waals surface area contributed by atoms with E-state index in [0.717, 1.165) is 26.4 Å². The summed E-state index contributed by atoms with van der Waals surface area (Å²) in [5.41, 5.74) is 32.9. The summed E-state index contributed by atoms with van der Waals surface area (Å²) in [5.74, 6) is -2.09. The second-order valence-electron chi connectivity index (χ2n) is 9.32.